The van der Waals surface area contributed by atoms with Crippen LogP contribution in [0.5, 0.6) is 5.75 Å². The molecular formula is C20H22FNO5. The predicted molar refractivity (Wildman–Crippen MR) is 96.7 cm³/mol. The second-order valence-corrected chi connectivity index (χ2v) is 6.78. The Kier molecular flexibility index (Phi) is 6.52. The molecule has 0 aliphatic heterocycles. The molecule has 0 saturated carbocycles. The highest BCUT2D eigenvalue weighted by molar-refractivity contribution is 6.02. The highest BCUT2D eigenvalue weighted by atomic mass is 19.1. The van der Waals surface area contributed by atoms with E-state index in [-0.39, 0.29) is 18.6 Å². The predicted octanol–water partition coefficient (Wildman–Crippen LogP) is 3.55. The van der Waals surface area contributed by atoms with Crippen molar-refractivity contribution >= 4 is 12.0 Å². The van der Waals surface area contributed by atoms with Crippen LogP contribution in [0.1, 0.15) is 42.3 Å². The van der Waals surface area contributed by atoms with Crippen molar-refractivity contribution < 1.29 is 28.9 Å². The van der Waals surface area contributed by atoms with E-state index in [0.29, 0.717) is 5.56 Å². The van der Waals surface area contributed by atoms with Crippen molar-refractivity contribution in [2.75, 3.05) is 6.61 Å². The number of hydrogen-bond acceptors (Lipinski definition) is 5. The van der Waals surface area contributed by atoms with Crippen LogP contribution in [0.3, 0.4) is 0 Å². The fraction of sp³-hybridized carbons (Fsp3) is 0.300. The molecule has 3 N–H and O–H groups in total. The molecule has 7 heteroatoms. The summed E-state index contributed by atoms with van der Waals surface area (Å²) in [5, 5.41) is 20.8. The number of aliphatic hydroxyl groups excluding tert-OH is 1. The summed E-state index contributed by atoms with van der Waals surface area (Å²) in [6, 6.07) is 11.8. The van der Waals surface area contributed by atoms with Gasteiger partial charge in [-0.1, -0.05) is 38.1 Å². The Morgan fingerprint density at radius 3 is 2.44 bits per heavy atom. The molecule has 2 rings (SSSR count). The molecule has 0 aliphatic carbocycles. The number of carbonyl (C=O) groups excluding carboxylic acids is 2. The molecule has 0 spiro atoms. The Hall–Kier alpha value is -2.93. The van der Waals surface area contributed by atoms with Crippen molar-refractivity contribution in [1.82, 2.24) is 5.32 Å². The fourth-order valence-corrected chi connectivity index (χ4v) is 2.68. The normalized spacial score (nSPS) is 12.3. The molecular weight excluding hydrogens is 353 g/mol. The van der Waals surface area contributed by atoms with Gasteiger partial charge in [0.2, 0.25) is 0 Å². The number of aliphatic hydroxyl groups is 1. The van der Waals surface area contributed by atoms with Gasteiger partial charge in [0.05, 0.1) is 0 Å². The molecule has 0 bridgehead atoms. The maximum atomic E-state index is 13.8. The van der Waals surface area contributed by atoms with Gasteiger partial charge in [-0.3, -0.25) is 10.1 Å². The molecule has 2 amide bonds. The molecule has 0 unspecified atom stereocenters. The van der Waals surface area contributed by atoms with Gasteiger partial charge in [-0.05, 0) is 36.2 Å². The van der Waals surface area contributed by atoms with Crippen molar-refractivity contribution in [2.45, 2.75) is 26.4 Å². The Morgan fingerprint density at radius 2 is 1.85 bits per heavy atom. The van der Waals surface area contributed by atoms with Gasteiger partial charge >= 0.3 is 6.09 Å². The standard InChI is InChI=1S/C20H22FNO5/c1-20(2,10-11-23)17(14-8-9-16(24)15(21)12-14)27-19(26)22-18(25)13-6-4-3-5-7-13/h3-9,12,17,23-24H,10-11H2,1-2H3,(H,22,25,26)/t17-/m0/s1. The van der Waals surface area contributed by atoms with Crippen LogP contribution < -0.4 is 5.32 Å². The van der Waals surface area contributed by atoms with Crippen LogP contribution in [-0.4, -0.2) is 28.8 Å². The molecule has 0 fully saturated rings. The summed E-state index contributed by atoms with van der Waals surface area (Å²) >= 11 is 0. The smallest absolute Gasteiger partial charge is 0.414 e. The first-order valence-corrected chi connectivity index (χ1v) is 8.41. The van der Waals surface area contributed by atoms with E-state index in [2.05, 4.69) is 5.32 Å². The number of carbonyl (C=O) groups is 2. The van der Waals surface area contributed by atoms with Gasteiger partial charge in [-0.2, -0.15) is 0 Å². The quantitative estimate of drug-likeness (QED) is 0.718. The number of phenolic OH excluding ortho intramolecular Hbond substituents is 1. The lowest BCUT2D eigenvalue weighted by molar-refractivity contribution is 0.00852. The third-order valence-corrected chi connectivity index (χ3v) is 4.22. The molecule has 0 saturated heterocycles. The van der Waals surface area contributed by atoms with Gasteiger partial charge in [0.15, 0.2) is 11.6 Å². The maximum absolute atomic E-state index is 13.8. The number of benzene rings is 2. The van der Waals surface area contributed by atoms with E-state index in [9.17, 15) is 24.2 Å². The summed E-state index contributed by atoms with van der Waals surface area (Å²) in [7, 11) is 0. The third kappa shape index (κ3) is 5.27. The Morgan fingerprint density at radius 1 is 1.19 bits per heavy atom. The minimum Gasteiger partial charge on any atom is -0.505 e. The number of hydrogen-bond donors (Lipinski definition) is 3. The zero-order chi connectivity index (χ0) is 20.0. The van der Waals surface area contributed by atoms with Crippen LogP contribution in [0.2, 0.25) is 0 Å². The van der Waals surface area contributed by atoms with E-state index >= 15 is 0 Å². The van der Waals surface area contributed by atoms with Crippen LogP contribution in [0.4, 0.5) is 9.18 Å². The van der Waals surface area contributed by atoms with Gasteiger partial charge in [-0.25, -0.2) is 9.18 Å². The summed E-state index contributed by atoms with van der Waals surface area (Å²) in [5.74, 6) is -2.01. The van der Waals surface area contributed by atoms with E-state index in [1.807, 2.05) is 0 Å². The van der Waals surface area contributed by atoms with Crippen molar-refractivity contribution in [2.24, 2.45) is 5.41 Å². The first-order chi connectivity index (χ1) is 12.7. The van der Waals surface area contributed by atoms with Crippen LogP contribution in [0, 0.1) is 11.2 Å². The number of nitrogens with one attached hydrogen (secondary N) is 1. The van der Waals surface area contributed by atoms with Crippen molar-refractivity contribution in [3.63, 3.8) is 0 Å². The molecule has 0 radical (unpaired) electrons. The number of aromatic hydroxyl groups is 1. The van der Waals surface area contributed by atoms with Gasteiger partial charge < -0.3 is 14.9 Å². The number of halogens is 1. The Labute approximate surface area is 156 Å². The van der Waals surface area contributed by atoms with E-state index in [1.165, 1.54) is 6.07 Å². The second-order valence-electron chi connectivity index (χ2n) is 6.78. The highest BCUT2D eigenvalue weighted by Gasteiger charge is 2.34. The first kappa shape index (κ1) is 20.4. The average Bonchev–Trinajstić information content (AvgIpc) is 2.62. The van der Waals surface area contributed by atoms with Gasteiger partial charge in [0.1, 0.15) is 6.10 Å². The average molecular weight is 375 g/mol. The van der Waals surface area contributed by atoms with E-state index in [0.717, 1.165) is 12.1 Å². The van der Waals surface area contributed by atoms with Crippen LogP contribution in [0.15, 0.2) is 48.5 Å². The summed E-state index contributed by atoms with van der Waals surface area (Å²) < 4.78 is 19.2. The zero-order valence-electron chi connectivity index (χ0n) is 15.1. The zero-order valence-corrected chi connectivity index (χ0v) is 15.1. The molecule has 2 aromatic rings. The number of phenols is 1. The third-order valence-electron chi connectivity index (χ3n) is 4.22. The van der Waals surface area contributed by atoms with E-state index in [4.69, 9.17) is 4.74 Å². The van der Waals surface area contributed by atoms with Gasteiger partial charge in [0.25, 0.3) is 5.91 Å². The fourth-order valence-electron chi connectivity index (χ4n) is 2.68. The lowest BCUT2D eigenvalue weighted by Crippen LogP contribution is -2.36. The van der Waals surface area contributed by atoms with Crippen molar-refractivity contribution in [1.29, 1.82) is 0 Å². The molecule has 144 valence electrons. The SMILES string of the molecule is CC(C)(CCO)[C@@H](OC(=O)NC(=O)c1ccccc1)c1ccc(O)c(F)c1. The van der Waals surface area contributed by atoms with Crippen LogP contribution >= 0.6 is 0 Å². The molecule has 6 nitrogen and oxygen atoms in total. The minimum absolute atomic E-state index is 0.169. The number of amides is 2. The largest absolute Gasteiger partial charge is 0.505 e. The second kappa shape index (κ2) is 8.64. The minimum atomic E-state index is -0.992. The Balaban J connectivity index is 2.22. The van der Waals surface area contributed by atoms with Crippen molar-refractivity contribution in [3.8, 4) is 5.75 Å². The molecule has 0 aromatic heterocycles. The van der Waals surface area contributed by atoms with Crippen LogP contribution in [-0.2, 0) is 4.74 Å². The number of alkyl carbamates (subject to hydrolysis) is 1. The summed E-state index contributed by atoms with van der Waals surface area (Å²) in [4.78, 5) is 24.4. The lowest BCUT2D eigenvalue weighted by Gasteiger charge is -2.33. The number of ether oxygens (including phenoxy) is 1. The monoisotopic (exact) mass is 375 g/mol. The molecule has 2 aromatic carbocycles. The molecule has 1 atom stereocenters. The van der Waals surface area contributed by atoms with Crippen LogP contribution in [0.25, 0.3) is 0 Å². The summed E-state index contributed by atoms with van der Waals surface area (Å²) in [6.07, 6.45) is -1.68. The van der Waals surface area contributed by atoms with Gasteiger partial charge in [0, 0.05) is 17.6 Å². The molecule has 0 aliphatic rings. The van der Waals surface area contributed by atoms with Gasteiger partial charge in [-0.15, -0.1) is 0 Å². The topological polar surface area (TPSA) is 95.9 Å². The maximum Gasteiger partial charge on any atom is 0.414 e. The van der Waals surface area contributed by atoms with Crippen molar-refractivity contribution in [3.05, 3.63) is 65.5 Å². The Bertz CT molecular complexity index is 807. The summed E-state index contributed by atoms with van der Waals surface area (Å²) in [6.45, 7) is 3.31. The summed E-state index contributed by atoms with van der Waals surface area (Å²) in [5.41, 5.74) is -0.173. The highest BCUT2D eigenvalue weighted by Crippen LogP contribution is 2.40. The molecule has 0 heterocycles. The molecule has 27 heavy (non-hydrogen) atoms. The van der Waals surface area contributed by atoms with E-state index < -0.39 is 35.1 Å². The number of imide groups is 1. The lowest BCUT2D eigenvalue weighted by atomic mass is 9.80. The first-order valence-electron chi connectivity index (χ1n) is 8.41. The number of rotatable bonds is 6. The van der Waals surface area contributed by atoms with E-state index in [1.54, 1.807) is 44.2 Å².